The van der Waals surface area contributed by atoms with Crippen molar-refractivity contribution < 1.29 is 22.4 Å². The summed E-state index contributed by atoms with van der Waals surface area (Å²) in [5.41, 5.74) is -1.89. The molecule has 17 heavy (non-hydrogen) atoms. The topological polar surface area (TPSA) is 42.0 Å². The molecule has 94 valence electrons. The van der Waals surface area contributed by atoms with Gasteiger partial charge in [0, 0.05) is 6.07 Å². The molecule has 0 saturated carbocycles. The number of aromatic nitrogens is 1. The summed E-state index contributed by atoms with van der Waals surface area (Å²) < 4.78 is 49.9. The molecule has 0 fully saturated rings. The molecular weight excluding hydrogens is 264 g/mol. The van der Waals surface area contributed by atoms with Crippen LogP contribution in [0.4, 0.5) is 23.2 Å². The lowest BCUT2D eigenvalue weighted by molar-refractivity contribution is -0.143. The zero-order valence-corrected chi connectivity index (χ0v) is 9.29. The molecule has 1 heterocycles. The maximum atomic E-state index is 13.1. The van der Waals surface area contributed by atoms with Crippen LogP contribution in [0.5, 0.6) is 0 Å². The van der Waals surface area contributed by atoms with Crippen molar-refractivity contribution in [1.82, 2.24) is 4.98 Å². The van der Waals surface area contributed by atoms with Crippen molar-refractivity contribution in [2.24, 2.45) is 0 Å². The minimum atomic E-state index is -4.87. The Kier molecular flexibility index (Phi) is 3.92. The molecule has 0 atom stereocenters. The monoisotopic (exact) mass is 270 g/mol. The fraction of sp³-hybridized carbons (Fsp3) is 0.333. The van der Waals surface area contributed by atoms with Crippen LogP contribution in [0, 0.1) is 12.7 Å². The highest BCUT2D eigenvalue weighted by atomic mass is 35.5. The third kappa shape index (κ3) is 3.29. The predicted octanol–water partition coefficient (Wildman–Crippen LogP) is 2.73. The number of amides is 1. The van der Waals surface area contributed by atoms with Gasteiger partial charge in [0.1, 0.15) is 5.88 Å². The highest BCUT2D eigenvalue weighted by molar-refractivity contribution is 6.29. The molecule has 8 heteroatoms. The maximum absolute atomic E-state index is 13.1. The summed E-state index contributed by atoms with van der Waals surface area (Å²) in [6.45, 7) is 1.22. The van der Waals surface area contributed by atoms with E-state index in [9.17, 15) is 22.4 Å². The molecule has 0 saturated heterocycles. The van der Waals surface area contributed by atoms with Crippen molar-refractivity contribution >= 4 is 23.2 Å². The van der Waals surface area contributed by atoms with Gasteiger partial charge in [-0.3, -0.25) is 4.79 Å². The highest BCUT2D eigenvalue weighted by Crippen LogP contribution is 2.31. The van der Waals surface area contributed by atoms with Gasteiger partial charge < -0.3 is 5.32 Å². The number of halogens is 5. The van der Waals surface area contributed by atoms with Crippen LogP contribution in [0.2, 0.25) is 0 Å². The molecule has 0 spiro atoms. The number of carbonyl (C=O) groups excluding carboxylic acids is 1. The number of nitrogens with zero attached hydrogens (tertiary/aromatic N) is 1. The van der Waals surface area contributed by atoms with E-state index in [-0.39, 0.29) is 17.3 Å². The largest absolute Gasteiger partial charge is 0.436 e. The Morgan fingerprint density at radius 2 is 2.12 bits per heavy atom. The van der Waals surface area contributed by atoms with Gasteiger partial charge in [-0.1, -0.05) is 0 Å². The number of hydrogen-bond acceptors (Lipinski definition) is 2. The molecule has 1 aromatic rings. The first-order valence-electron chi connectivity index (χ1n) is 4.36. The van der Waals surface area contributed by atoms with E-state index < -0.39 is 23.6 Å². The average molecular weight is 271 g/mol. The van der Waals surface area contributed by atoms with E-state index in [1.807, 2.05) is 0 Å². The van der Waals surface area contributed by atoms with Crippen LogP contribution in [0.1, 0.15) is 11.4 Å². The molecule has 0 bridgehead atoms. The second-order valence-corrected chi connectivity index (χ2v) is 3.40. The zero-order chi connectivity index (χ0) is 13.2. The normalized spacial score (nSPS) is 11.4. The molecular formula is C9H7ClF4N2O. The Hall–Kier alpha value is -1.37. The van der Waals surface area contributed by atoms with Crippen LogP contribution in [0.15, 0.2) is 6.07 Å². The Morgan fingerprint density at radius 3 is 2.59 bits per heavy atom. The Labute approximate surface area is 98.8 Å². The number of nitrogens with one attached hydrogen (secondary N) is 1. The van der Waals surface area contributed by atoms with Crippen molar-refractivity contribution in [1.29, 1.82) is 0 Å². The minimum Gasteiger partial charge on any atom is -0.323 e. The quantitative estimate of drug-likeness (QED) is 0.663. The first kappa shape index (κ1) is 13.7. The summed E-state index contributed by atoms with van der Waals surface area (Å²) in [4.78, 5) is 14.0. The third-order valence-corrected chi connectivity index (χ3v) is 2.07. The van der Waals surface area contributed by atoms with Gasteiger partial charge in [-0.15, -0.1) is 11.6 Å². The SMILES string of the molecule is Cc1nc(C(F)(F)F)c(F)cc1NC(=O)CCl. The summed E-state index contributed by atoms with van der Waals surface area (Å²) in [5, 5.41) is 2.14. The summed E-state index contributed by atoms with van der Waals surface area (Å²) in [7, 11) is 0. The molecule has 0 aliphatic rings. The molecule has 1 N–H and O–H groups in total. The Bertz CT molecular complexity index is 447. The highest BCUT2D eigenvalue weighted by Gasteiger charge is 2.36. The van der Waals surface area contributed by atoms with Crippen molar-refractivity contribution in [3.63, 3.8) is 0 Å². The summed E-state index contributed by atoms with van der Waals surface area (Å²) in [6, 6.07) is 0.565. The molecule has 0 unspecified atom stereocenters. The van der Waals surface area contributed by atoms with Gasteiger partial charge in [-0.2, -0.15) is 13.2 Å². The van der Waals surface area contributed by atoms with Crippen LogP contribution in [0.25, 0.3) is 0 Å². The Balaban J connectivity index is 3.14. The molecule has 1 rings (SSSR count). The van der Waals surface area contributed by atoms with Gasteiger partial charge in [0.05, 0.1) is 11.4 Å². The van der Waals surface area contributed by atoms with Crippen LogP contribution in [0.3, 0.4) is 0 Å². The third-order valence-electron chi connectivity index (χ3n) is 1.83. The van der Waals surface area contributed by atoms with Gasteiger partial charge >= 0.3 is 6.18 Å². The van der Waals surface area contributed by atoms with E-state index in [0.717, 1.165) is 0 Å². The standard InChI is InChI=1S/C9H7ClF4N2O/c1-4-6(16-7(17)3-10)2-5(11)8(15-4)9(12,13)14/h2H,3H2,1H3,(H,16,17). The first-order chi connectivity index (χ1) is 7.75. The van der Waals surface area contributed by atoms with E-state index in [2.05, 4.69) is 10.3 Å². The molecule has 0 aliphatic heterocycles. The van der Waals surface area contributed by atoms with E-state index >= 15 is 0 Å². The van der Waals surface area contributed by atoms with Crippen molar-refractivity contribution in [3.05, 3.63) is 23.3 Å². The second kappa shape index (κ2) is 4.87. The van der Waals surface area contributed by atoms with Crippen molar-refractivity contribution in [2.75, 3.05) is 11.2 Å². The van der Waals surface area contributed by atoms with Crippen LogP contribution < -0.4 is 5.32 Å². The predicted molar refractivity (Wildman–Crippen MR) is 53.3 cm³/mol. The number of alkyl halides is 4. The van der Waals surface area contributed by atoms with Gasteiger partial charge in [0.25, 0.3) is 0 Å². The second-order valence-electron chi connectivity index (χ2n) is 3.13. The van der Waals surface area contributed by atoms with E-state index in [1.54, 1.807) is 0 Å². The van der Waals surface area contributed by atoms with E-state index in [4.69, 9.17) is 11.6 Å². The fourth-order valence-electron chi connectivity index (χ4n) is 1.09. The van der Waals surface area contributed by atoms with Crippen LogP contribution in [-0.2, 0) is 11.0 Å². The van der Waals surface area contributed by atoms with Gasteiger partial charge in [-0.05, 0) is 6.92 Å². The van der Waals surface area contributed by atoms with Gasteiger partial charge in [0.15, 0.2) is 11.5 Å². The molecule has 3 nitrogen and oxygen atoms in total. The summed E-state index contributed by atoms with van der Waals surface area (Å²) in [6.07, 6.45) is -4.87. The lowest BCUT2D eigenvalue weighted by atomic mass is 10.2. The maximum Gasteiger partial charge on any atom is 0.436 e. The summed E-state index contributed by atoms with van der Waals surface area (Å²) in [5.74, 6) is -2.59. The minimum absolute atomic E-state index is 0.138. The van der Waals surface area contributed by atoms with Gasteiger partial charge in [0.2, 0.25) is 5.91 Å². The molecule has 0 radical (unpaired) electrons. The smallest absolute Gasteiger partial charge is 0.323 e. The number of pyridine rings is 1. The van der Waals surface area contributed by atoms with E-state index in [0.29, 0.717) is 6.07 Å². The van der Waals surface area contributed by atoms with Crippen molar-refractivity contribution in [2.45, 2.75) is 13.1 Å². The molecule has 1 aromatic heterocycles. The van der Waals surface area contributed by atoms with Crippen LogP contribution >= 0.6 is 11.6 Å². The van der Waals surface area contributed by atoms with Gasteiger partial charge in [-0.25, -0.2) is 9.37 Å². The van der Waals surface area contributed by atoms with Crippen LogP contribution in [-0.4, -0.2) is 16.8 Å². The number of anilines is 1. The summed E-state index contributed by atoms with van der Waals surface area (Å²) >= 11 is 5.19. The zero-order valence-electron chi connectivity index (χ0n) is 8.53. The number of aryl methyl sites for hydroxylation is 1. The molecule has 0 aliphatic carbocycles. The lowest BCUT2D eigenvalue weighted by Gasteiger charge is -2.11. The number of hydrogen-bond donors (Lipinski definition) is 1. The average Bonchev–Trinajstić information content (AvgIpc) is 2.21. The Morgan fingerprint density at radius 1 is 1.53 bits per heavy atom. The number of carbonyl (C=O) groups is 1. The lowest BCUT2D eigenvalue weighted by Crippen LogP contribution is -2.17. The molecule has 1 amide bonds. The molecule has 0 aromatic carbocycles. The first-order valence-corrected chi connectivity index (χ1v) is 4.89. The fourth-order valence-corrected chi connectivity index (χ4v) is 1.16. The van der Waals surface area contributed by atoms with Crippen molar-refractivity contribution in [3.8, 4) is 0 Å². The van der Waals surface area contributed by atoms with E-state index in [1.165, 1.54) is 6.92 Å². The number of rotatable bonds is 2.